The number of nitrogens with two attached hydrogens (primary N) is 1. The van der Waals surface area contributed by atoms with Crippen LogP contribution in [0.1, 0.15) is 11.1 Å². The van der Waals surface area contributed by atoms with Crippen LogP contribution in [-0.2, 0) is 22.6 Å². The van der Waals surface area contributed by atoms with Crippen LogP contribution >= 0.6 is 23.2 Å². The molecular formula is C21H19Cl2NO3. The number of hydrogen-bond acceptors (Lipinski definition) is 4. The lowest BCUT2D eigenvalue weighted by molar-refractivity contribution is -0.142. The molecule has 0 saturated heterocycles. The molecular weight excluding hydrogens is 385 g/mol. The Labute approximate surface area is 167 Å². The van der Waals surface area contributed by atoms with Gasteiger partial charge in [-0.25, -0.2) is 0 Å². The fourth-order valence-corrected chi connectivity index (χ4v) is 3.37. The molecule has 0 aliphatic heterocycles. The summed E-state index contributed by atoms with van der Waals surface area (Å²) in [4.78, 5) is 11.8. The third-order valence-electron chi connectivity index (χ3n) is 4.32. The van der Waals surface area contributed by atoms with Crippen molar-refractivity contribution in [2.75, 3.05) is 7.11 Å². The van der Waals surface area contributed by atoms with Gasteiger partial charge in [0.15, 0.2) is 0 Å². The number of carbonyl (C=O) groups is 1. The Morgan fingerprint density at radius 1 is 1.11 bits per heavy atom. The van der Waals surface area contributed by atoms with Gasteiger partial charge in [-0.05, 0) is 29.0 Å². The topological polar surface area (TPSA) is 61.5 Å². The van der Waals surface area contributed by atoms with Crippen molar-refractivity contribution in [1.29, 1.82) is 0 Å². The van der Waals surface area contributed by atoms with E-state index in [0.717, 1.165) is 21.9 Å². The van der Waals surface area contributed by atoms with Gasteiger partial charge in [0, 0.05) is 27.6 Å². The van der Waals surface area contributed by atoms with Gasteiger partial charge >= 0.3 is 5.97 Å². The molecule has 1 unspecified atom stereocenters. The predicted octanol–water partition coefficient (Wildman–Crippen LogP) is 4.77. The Balaban J connectivity index is 1.93. The second kappa shape index (κ2) is 8.61. The maximum atomic E-state index is 11.8. The lowest BCUT2D eigenvalue weighted by Gasteiger charge is -2.17. The maximum Gasteiger partial charge on any atom is 0.322 e. The minimum Gasteiger partial charge on any atom is -0.489 e. The van der Waals surface area contributed by atoms with E-state index >= 15 is 0 Å². The number of carbonyl (C=O) groups excluding carboxylic acids is 1. The molecule has 0 spiro atoms. The number of hydrogen-bond donors (Lipinski definition) is 1. The zero-order valence-corrected chi connectivity index (χ0v) is 16.3. The van der Waals surface area contributed by atoms with E-state index in [4.69, 9.17) is 38.4 Å². The van der Waals surface area contributed by atoms with Crippen LogP contribution in [0.3, 0.4) is 0 Å². The lowest BCUT2D eigenvalue weighted by Crippen LogP contribution is -2.33. The molecule has 0 bridgehead atoms. The predicted molar refractivity (Wildman–Crippen MR) is 108 cm³/mol. The molecule has 0 saturated carbocycles. The van der Waals surface area contributed by atoms with E-state index in [1.807, 2.05) is 42.5 Å². The van der Waals surface area contributed by atoms with E-state index in [1.54, 1.807) is 12.1 Å². The van der Waals surface area contributed by atoms with Gasteiger partial charge in [-0.2, -0.15) is 0 Å². The molecule has 0 aliphatic carbocycles. The minimum absolute atomic E-state index is 0.273. The van der Waals surface area contributed by atoms with Gasteiger partial charge < -0.3 is 15.2 Å². The summed E-state index contributed by atoms with van der Waals surface area (Å²) >= 11 is 12.2. The lowest BCUT2D eigenvalue weighted by atomic mass is 9.98. The third kappa shape index (κ3) is 4.53. The number of methoxy groups -OCH3 is 1. The molecule has 0 heterocycles. The second-order valence-electron chi connectivity index (χ2n) is 6.12. The number of halogens is 2. The van der Waals surface area contributed by atoms with E-state index in [-0.39, 0.29) is 6.61 Å². The molecule has 0 aliphatic rings. The van der Waals surface area contributed by atoms with Crippen LogP contribution in [-0.4, -0.2) is 19.1 Å². The first kappa shape index (κ1) is 19.5. The fourth-order valence-electron chi connectivity index (χ4n) is 2.91. The van der Waals surface area contributed by atoms with Crippen molar-refractivity contribution in [3.8, 4) is 5.75 Å². The normalized spacial score (nSPS) is 12.0. The zero-order valence-electron chi connectivity index (χ0n) is 14.7. The summed E-state index contributed by atoms with van der Waals surface area (Å²) in [6, 6.07) is 16.2. The van der Waals surface area contributed by atoms with E-state index in [2.05, 4.69) is 0 Å². The van der Waals surface area contributed by atoms with E-state index in [0.29, 0.717) is 22.2 Å². The highest BCUT2D eigenvalue weighted by atomic mass is 35.5. The molecule has 3 aromatic carbocycles. The van der Waals surface area contributed by atoms with Crippen LogP contribution in [0.5, 0.6) is 5.75 Å². The first-order valence-corrected chi connectivity index (χ1v) is 9.16. The number of ether oxygens (including phenoxy) is 2. The Hall–Kier alpha value is -2.27. The summed E-state index contributed by atoms with van der Waals surface area (Å²) in [7, 11) is 1.32. The maximum absolute atomic E-state index is 11.8. The SMILES string of the molecule is COC(=O)C(N)Cc1c(OCc2ccc(Cl)cc2Cl)ccc2ccccc12. The molecule has 0 radical (unpaired) electrons. The number of esters is 1. The molecule has 3 rings (SSSR count). The average Bonchev–Trinajstić information content (AvgIpc) is 2.67. The zero-order chi connectivity index (χ0) is 19.4. The summed E-state index contributed by atoms with van der Waals surface area (Å²) < 4.78 is 10.8. The molecule has 0 amide bonds. The summed E-state index contributed by atoms with van der Waals surface area (Å²) in [6.45, 7) is 0.273. The van der Waals surface area contributed by atoms with Crippen molar-refractivity contribution in [1.82, 2.24) is 0 Å². The first-order valence-electron chi connectivity index (χ1n) is 8.40. The molecule has 1 atom stereocenters. The third-order valence-corrected chi connectivity index (χ3v) is 4.91. The molecule has 0 fully saturated rings. The summed E-state index contributed by atoms with van der Waals surface area (Å²) in [5, 5.41) is 3.13. The summed E-state index contributed by atoms with van der Waals surface area (Å²) in [5.41, 5.74) is 7.68. The van der Waals surface area contributed by atoms with Gasteiger partial charge in [0.2, 0.25) is 0 Å². The molecule has 6 heteroatoms. The molecule has 140 valence electrons. The number of fused-ring (bicyclic) bond motifs is 1. The Morgan fingerprint density at radius 2 is 1.89 bits per heavy atom. The van der Waals surface area contributed by atoms with Crippen molar-refractivity contribution >= 4 is 39.9 Å². The van der Waals surface area contributed by atoms with Crippen LogP contribution in [0.4, 0.5) is 0 Å². The highest BCUT2D eigenvalue weighted by molar-refractivity contribution is 6.35. The van der Waals surface area contributed by atoms with Gasteiger partial charge in [-0.3, -0.25) is 4.79 Å². The first-order chi connectivity index (χ1) is 13.0. The van der Waals surface area contributed by atoms with Crippen molar-refractivity contribution in [2.45, 2.75) is 19.1 Å². The monoisotopic (exact) mass is 403 g/mol. The fraction of sp³-hybridized carbons (Fsp3) is 0.190. The van der Waals surface area contributed by atoms with Crippen molar-refractivity contribution < 1.29 is 14.3 Å². The quantitative estimate of drug-likeness (QED) is 0.602. The molecule has 3 aromatic rings. The Morgan fingerprint density at radius 3 is 2.63 bits per heavy atom. The molecule has 4 nitrogen and oxygen atoms in total. The minimum atomic E-state index is -0.776. The highest BCUT2D eigenvalue weighted by Gasteiger charge is 2.19. The van der Waals surface area contributed by atoms with Gasteiger partial charge in [-0.15, -0.1) is 0 Å². The van der Waals surface area contributed by atoms with E-state index < -0.39 is 12.0 Å². The van der Waals surface area contributed by atoms with Gasteiger partial charge in [0.1, 0.15) is 18.4 Å². The molecule has 0 aromatic heterocycles. The standard InChI is InChI=1S/C21H19Cl2NO3/c1-26-21(25)19(24)11-17-16-5-3-2-4-13(16)7-9-20(17)27-12-14-6-8-15(22)10-18(14)23/h2-10,19H,11-12,24H2,1H3. The van der Waals surface area contributed by atoms with Gasteiger partial charge in [0.05, 0.1) is 7.11 Å². The van der Waals surface area contributed by atoms with Crippen molar-refractivity contribution in [3.05, 3.63) is 75.8 Å². The summed E-state index contributed by atoms with van der Waals surface area (Å²) in [6.07, 6.45) is 0.303. The average molecular weight is 404 g/mol. The van der Waals surface area contributed by atoms with Gasteiger partial charge in [-0.1, -0.05) is 59.6 Å². The van der Waals surface area contributed by atoms with Crippen LogP contribution < -0.4 is 10.5 Å². The summed E-state index contributed by atoms with van der Waals surface area (Å²) in [5.74, 6) is 0.189. The van der Waals surface area contributed by atoms with Crippen LogP contribution in [0.2, 0.25) is 10.0 Å². The Kier molecular flexibility index (Phi) is 6.22. The molecule has 27 heavy (non-hydrogen) atoms. The second-order valence-corrected chi connectivity index (χ2v) is 6.97. The van der Waals surface area contributed by atoms with Crippen LogP contribution in [0, 0.1) is 0 Å². The van der Waals surface area contributed by atoms with Crippen LogP contribution in [0.15, 0.2) is 54.6 Å². The highest BCUT2D eigenvalue weighted by Crippen LogP contribution is 2.31. The van der Waals surface area contributed by atoms with E-state index in [1.165, 1.54) is 7.11 Å². The van der Waals surface area contributed by atoms with E-state index in [9.17, 15) is 4.79 Å². The molecule has 2 N–H and O–H groups in total. The number of rotatable bonds is 6. The van der Waals surface area contributed by atoms with Crippen molar-refractivity contribution in [3.63, 3.8) is 0 Å². The van der Waals surface area contributed by atoms with Crippen LogP contribution in [0.25, 0.3) is 10.8 Å². The largest absolute Gasteiger partial charge is 0.489 e. The number of benzene rings is 3. The smallest absolute Gasteiger partial charge is 0.322 e. The van der Waals surface area contributed by atoms with Crippen molar-refractivity contribution in [2.24, 2.45) is 5.73 Å². The Bertz CT molecular complexity index is 975. The van der Waals surface area contributed by atoms with Gasteiger partial charge in [0.25, 0.3) is 0 Å².